The first kappa shape index (κ1) is 23.7. The summed E-state index contributed by atoms with van der Waals surface area (Å²) in [6.45, 7) is 2.34. The zero-order chi connectivity index (χ0) is 19.8. The van der Waals surface area contributed by atoms with E-state index in [1.165, 1.54) is 76.4 Å². The minimum Gasteiger partial charge on any atom is -0.463 e. The summed E-state index contributed by atoms with van der Waals surface area (Å²) in [7, 11) is 0. The van der Waals surface area contributed by atoms with Gasteiger partial charge in [0.15, 0.2) is 5.60 Å². The molecule has 1 aliphatic heterocycles. The highest BCUT2D eigenvalue weighted by molar-refractivity contribution is 5.82. The van der Waals surface area contributed by atoms with Gasteiger partial charge in [0, 0.05) is 18.9 Å². The molecular weight excluding hydrogens is 344 g/mol. The Balaban J connectivity index is 1.94. The van der Waals surface area contributed by atoms with Crippen molar-refractivity contribution < 1.29 is 24.2 Å². The second-order valence-corrected chi connectivity index (χ2v) is 7.59. The van der Waals surface area contributed by atoms with Crippen molar-refractivity contribution in [2.45, 2.75) is 102 Å². The van der Waals surface area contributed by atoms with Crippen LogP contribution in [0.5, 0.6) is 0 Å². The van der Waals surface area contributed by atoms with E-state index in [9.17, 15) is 14.7 Å². The third-order valence-electron chi connectivity index (χ3n) is 5.10. The molecule has 5 heteroatoms. The average molecular weight is 383 g/mol. The van der Waals surface area contributed by atoms with Crippen molar-refractivity contribution in [3.8, 4) is 0 Å². The molecule has 1 heterocycles. The van der Waals surface area contributed by atoms with Crippen molar-refractivity contribution in [3.63, 3.8) is 0 Å². The van der Waals surface area contributed by atoms with Crippen LogP contribution in [0.4, 0.5) is 0 Å². The fourth-order valence-corrected chi connectivity index (χ4v) is 3.31. The third kappa shape index (κ3) is 11.2. The Morgan fingerprint density at radius 3 is 2.07 bits per heavy atom. The van der Waals surface area contributed by atoms with Crippen LogP contribution in [0.2, 0.25) is 0 Å². The lowest BCUT2D eigenvalue weighted by atomic mass is 10.0. The zero-order valence-electron chi connectivity index (χ0n) is 17.0. The molecule has 0 radical (unpaired) electrons. The normalized spacial score (nSPS) is 19.6. The number of aliphatic hydroxyl groups excluding tert-OH is 1. The van der Waals surface area contributed by atoms with Crippen LogP contribution in [0.25, 0.3) is 0 Å². The number of hydrogen-bond acceptors (Lipinski definition) is 5. The van der Waals surface area contributed by atoms with E-state index in [1.54, 1.807) is 0 Å². The summed E-state index contributed by atoms with van der Waals surface area (Å²) in [4.78, 5) is 22.9. The van der Waals surface area contributed by atoms with Crippen molar-refractivity contribution in [1.82, 2.24) is 0 Å². The van der Waals surface area contributed by atoms with E-state index in [1.807, 2.05) is 0 Å². The smallest absolute Gasteiger partial charge is 0.330 e. The first-order valence-corrected chi connectivity index (χ1v) is 10.8. The maximum absolute atomic E-state index is 11.7. The Bertz CT molecular complexity index is 446. The largest absolute Gasteiger partial charge is 0.463 e. The molecule has 0 aliphatic carbocycles. The predicted octanol–water partition coefficient (Wildman–Crippen LogP) is 4.86. The first-order valence-electron chi connectivity index (χ1n) is 10.8. The van der Waals surface area contributed by atoms with Gasteiger partial charge in [-0.05, 0) is 12.5 Å². The van der Waals surface area contributed by atoms with Gasteiger partial charge >= 0.3 is 11.9 Å². The molecule has 1 aliphatic rings. The molecule has 0 saturated carbocycles. The van der Waals surface area contributed by atoms with Gasteiger partial charge in [0.2, 0.25) is 0 Å². The molecule has 1 fully saturated rings. The Morgan fingerprint density at radius 2 is 1.59 bits per heavy atom. The summed E-state index contributed by atoms with van der Waals surface area (Å²) in [5.41, 5.74) is -1.05. The van der Waals surface area contributed by atoms with Crippen LogP contribution in [0.15, 0.2) is 12.2 Å². The minimum absolute atomic E-state index is 0.263. The number of rotatable bonds is 16. The summed E-state index contributed by atoms with van der Waals surface area (Å²) in [5, 5.41) is 9.37. The second kappa shape index (κ2) is 14.7. The van der Waals surface area contributed by atoms with E-state index in [-0.39, 0.29) is 19.0 Å². The minimum atomic E-state index is -1.05. The lowest BCUT2D eigenvalue weighted by Gasteiger charge is -2.20. The summed E-state index contributed by atoms with van der Waals surface area (Å²) < 4.78 is 10.2. The lowest BCUT2D eigenvalue weighted by Crippen LogP contribution is -2.30. The molecule has 0 bridgehead atoms. The number of carbonyl (C=O) groups is 2. The van der Waals surface area contributed by atoms with Crippen molar-refractivity contribution in [2.24, 2.45) is 0 Å². The molecule has 0 amide bonds. The summed E-state index contributed by atoms with van der Waals surface area (Å²) in [6, 6.07) is 0. The summed E-state index contributed by atoms with van der Waals surface area (Å²) in [5.74, 6) is -0.799. The number of esters is 2. The Kier molecular flexibility index (Phi) is 12.9. The van der Waals surface area contributed by atoms with Gasteiger partial charge in [0.05, 0.1) is 13.2 Å². The van der Waals surface area contributed by atoms with Crippen LogP contribution in [0.1, 0.15) is 96.8 Å². The highest BCUT2D eigenvalue weighted by atomic mass is 16.6. The van der Waals surface area contributed by atoms with Gasteiger partial charge in [-0.1, -0.05) is 77.6 Å². The lowest BCUT2D eigenvalue weighted by molar-refractivity contribution is -0.148. The molecular formula is C22H38O5. The molecule has 1 saturated heterocycles. The molecule has 1 atom stereocenters. The monoisotopic (exact) mass is 382 g/mol. The maximum Gasteiger partial charge on any atom is 0.330 e. The van der Waals surface area contributed by atoms with Gasteiger partial charge in [-0.2, -0.15) is 0 Å². The van der Waals surface area contributed by atoms with Gasteiger partial charge < -0.3 is 14.6 Å². The summed E-state index contributed by atoms with van der Waals surface area (Å²) >= 11 is 0. The Hall–Kier alpha value is -1.36. The highest BCUT2D eigenvalue weighted by Crippen LogP contribution is 2.27. The van der Waals surface area contributed by atoms with Crippen LogP contribution in [-0.2, 0) is 19.1 Å². The number of cyclic esters (lactones) is 1. The van der Waals surface area contributed by atoms with Gasteiger partial charge in [-0.3, -0.25) is 4.79 Å². The highest BCUT2D eigenvalue weighted by Gasteiger charge is 2.37. The Labute approximate surface area is 164 Å². The van der Waals surface area contributed by atoms with Crippen molar-refractivity contribution in [3.05, 3.63) is 12.2 Å². The fourth-order valence-electron chi connectivity index (χ4n) is 3.31. The molecule has 0 aromatic carbocycles. The number of ether oxygens (including phenoxy) is 2. The molecule has 0 aromatic heterocycles. The molecule has 1 unspecified atom stereocenters. The SMILES string of the molecule is CCCCCCCCCCCCCCOC(=O)/C=C/C1(CO)CCC(=O)O1. The van der Waals surface area contributed by atoms with E-state index in [0.717, 1.165) is 12.8 Å². The molecule has 5 nitrogen and oxygen atoms in total. The van der Waals surface area contributed by atoms with Gasteiger partial charge in [0.25, 0.3) is 0 Å². The van der Waals surface area contributed by atoms with Crippen LogP contribution in [0.3, 0.4) is 0 Å². The van der Waals surface area contributed by atoms with Crippen LogP contribution >= 0.6 is 0 Å². The number of carbonyl (C=O) groups excluding carboxylic acids is 2. The average Bonchev–Trinajstić information content (AvgIpc) is 3.05. The number of hydrogen-bond donors (Lipinski definition) is 1. The molecule has 0 spiro atoms. The fraction of sp³-hybridized carbons (Fsp3) is 0.818. The molecule has 27 heavy (non-hydrogen) atoms. The van der Waals surface area contributed by atoms with Gasteiger partial charge in [0.1, 0.15) is 0 Å². The number of aliphatic hydroxyl groups is 1. The topological polar surface area (TPSA) is 72.8 Å². The molecule has 0 aromatic rings. The molecule has 156 valence electrons. The maximum atomic E-state index is 11.7. The van der Waals surface area contributed by atoms with E-state index < -0.39 is 11.6 Å². The standard InChI is InChI=1S/C22H38O5/c1-2-3-4-5-6-7-8-9-10-11-12-13-18-26-20(24)14-16-22(19-23)17-15-21(25)27-22/h14,16,23H,2-13,15,17-19H2,1H3/b16-14+. The van der Waals surface area contributed by atoms with E-state index in [2.05, 4.69) is 6.92 Å². The Morgan fingerprint density at radius 1 is 1.04 bits per heavy atom. The van der Waals surface area contributed by atoms with Gasteiger partial charge in [-0.15, -0.1) is 0 Å². The van der Waals surface area contributed by atoms with Crippen LogP contribution in [-0.4, -0.2) is 35.9 Å². The second-order valence-electron chi connectivity index (χ2n) is 7.59. The zero-order valence-corrected chi connectivity index (χ0v) is 17.0. The third-order valence-corrected chi connectivity index (χ3v) is 5.10. The predicted molar refractivity (Wildman–Crippen MR) is 106 cm³/mol. The van der Waals surface area contributed by atoms with Crippen LogP contribution < -0.4 is 0 Å². The molecule has 1 rings (SSSR count). The van der Waals surface area contributed by atoms with Crippen molar-refractivity contribution in [2.75, 3.05) is 13.2 Å². The van der Waals surface area contributed by atoms with E-state index in [0.29, 0.717) is 13.0 Å². The molecule has 1 N–H and O–H groups in total. The van der Waals surface area contributed by atoms with Gasteiger partial charge in [-0.25, -0.2) is 4.79 Å². The van der Waals surface area contributed by atoms with Crippen LogP contribution in [0, 0.1) is 0 Å². The first-order chi connectivity index (χ1) is 13.1. The van der Waals surface area contributed by atoms with E-state index >= 15 is 0 Å². The van der Waals surface area contributed by atoms with Crippen molar-refractivity contribution >= 4 is 11.9 Å². The summed E-state index contributed by atoms with van der Waals surface area (Å²) in [6.07, 6.45) is 18.6. The van der Waals surface area contributed by atoms with Crippen molar-refractivity contribution in [1.29, 1.82) is 0 Å². The van der Waals surface area contributed by atoms with E-state index in [4.69, 9.17) is 9.47 Å². The quantitative estimate of drug-likeness (QED) is 0.235. The number of unbranched alkanes of at least 4 members (excludes halogenated alkanes) is 11.